The van der Waals surface area contributed by atoms with Crippen molar-refractivity contribution in [3.05, 3.63) is 103 Å². The number of benzene rings is 3. The van der Waals surface area contributed by atoms with Crippen molar-refractivity contribution < 1.29 is 34.6 Å². The van der Waals surface area contributed by atoms with Gasteiger partial charge in [0, 0.05) is 54.5 Å². The Morgan fingerprint density at radius 3 is 2.00 bits per heavy atom. The average molecular weight is 869 g/mol. The number of fused-ring (bicyclic) bond motifs is 4. The molecule has 271 valence electrons. The molecule has 0 spiro atoms. The van der Waals surface area contributed by atoms with E-state index in [0.717, 1.165) is 43.4 Å². The summed E-state index contributed by atoms with van der Waals surface area (Å²) in [5, 5.41) is 14.9. The fourth-order valence-corrected chi connectivity index (χ4v) is 8.25. The van der Waals surface area contributed by atoms with E-state index in [1.807, 2.05) is 43.6 Å². The summed E-state index contributed by atoms with van der Waals surface area (Å²) < 4.78 is 4.64. The molecule has 0 unspecified atom stereocenters. The van der Waals surface area contributed by atoms with E-state index >= 15 is 0 Å². The zero-order valence-electron chi connectivity index (χ0n) is 32.0. The van der Waals surface area contributed by atoms with Crippen LogP contribution in [0.5, 0.6) is 0 Å². The summed E-state index contributed by atoms with van der Waals surface area (Å²) in [5.41, 5.74) is 6.42. The van der Waals surface area contributed by atoms with Crippen molar-refractivity contribution in [1.29, 1.82) is 0 Å². The van der Waals surface area contributed by atoms with E-state index in [1.54, 1.807) is 0 Å². The number of allylic oxidation sites excluding steroid dienone is 2. The number of pyridine rings is 1. The number of rotatable bonds is 9. The Kier molecular flexibility index (Phi) is 14.0. The van der Waals surface area contributed by atoms with Gasteiger partial charge in [-0.2, -0.15) is 12.5 Å². The van der Waals surface area contributed by atoms with Crippen molar-refractivity contribution in [1.82, 2.24) is 0 Å². The van der Waals surface area contributed by atoms with Crippen LogP contribution in [0.2, 0.25) is 0 Å². The first kappa shape index (κ1) is 41.3. The Balaban J connectivity index is 0.000000361. The number of carbonyl (C=O) groups is 1. The number of hydrogen-bond donors (Lipinski definition) is 1. The van der Waals surface area contributed by atoms with Crippen molar-refractivity contribution in [2.45, 2.75) is 107 Å². The van der Waals surface area contributed by atoms with E-state index in [-0.39, 0.29) is 54.3 Å². The van der Waals surface area contributed by atoms with Crippen molar-refractivity contribution in [3.8, 4) is 11.3 Å². The molecule has 0 saturated carbocycles. The van der Waals surface area contributed by atoms with Crippen molar-refractivity contribution in [2.24, 2.45) is 17.3 Å². The van der Waals surface area contributed by atoms with E-state index in [0.29, 0.717) is 0 Å². The van der Waals surface area contributed by atoms with Crippen LogP contribution in [0.4, 0.5) is 0 Å². The van der Waals surface area contributed by atoms with Gasteiger partial charge in [0.15, 0.2) is 5.78 Å². The number of hydrogen-bond acceptors (Lipinski definition) is 3. The second-order valence-corrected chi connectivity index (χ2v) is 16.8. The minimum Gasteiger partial charge on any atom is -0.512 e. The molecular formula is C45H58IrNO2S-. The van der Waals surface area contributed by atoms with Gasteiger partial charge in [-0.25, -0.2) is 0 Å². The van der Waals surface area contributed by atoms with Crippen LogP contribution in [-0.2, 0) is 36.7 Å². The van der Waals surface area contributed by atoms with Gasteiger partial charge in [0.2, 0.25) is 0 Å². The van der Waals surface area contributed by atoms with Crippen molar-refractivity contribution in [2.75, 3.05) is 0 Å². The SMILES string of the molecule is CCC(CC)C(=O)/C=C(\O)C(CC)CC.[CH2-]c1c(-c2c3sc4cc(CC(C)(C)C)ccc4c3cc[n+]2[CH2-])cc(C(C)(C)C)c2ccccc12.[Ir]. The maximum Gasteiger partial charge on any atom is 0.162 e. The van der Waals surface area contributed by atoms with Gasteiger partial charge in [-0.3, -0.25) is 4.79 Å². The van der Waals surface area contributed by atoms with E-state index in [4.69, 9.17) is 0 Å². The number of aliphatic hydroxyl groups is 1. The Bertz CT molecular complexity index is 1960. The fraction of sp³-hybridized carbons (Fsp3) is 0.422. The Hall–Kier alpha value is -3.11. The third-order valence-electron chi connectivity index (χ3n) is 9.75. The molecule has 0 aliphatic heterocycles. The number of nitrogens with zero attached hydrogens (tertiary/aromatic N) is 1. The molecule has 3 nitrogen and oxygen atoms in total. The van der Waals surface area contributed by atoms with Gasteiger partial charge in [0.05, 0.1) is 17.6 Å². The summed E-state index contributed by atoms with van der Waals surface area (Å²) in [7, 11) is 4.39. The molecule has 1 radical (unpaired) electrons. The van der Waals surface area contributed by atoms with Crippen LogP contribution in [0.15, 0.2) is 72.6 Å². The smallest absolute Gasteiger partial charge is 0.162 e. The van der Waals surface area contributed by atoms with Crippen molar-refractivity contribution >= 4 is 48.1 Å². The zero-order chi connectivity index (χ0) is 36.3. The van der Waals surface area contributed by atoms with Crippen LogP contribution >= 0.6 is 11.3 Å². The fourth-order valence-electron chi connectivity index (χ4n) is 6.92. The predicted molar refractivity (Wildman–Crippen MR) is 213 cm³/mol. The number of aromatic nitrogens is 1. The standard InChI is InChI=1S/C32H34NS.C13H24O2.Ir/c1-20-22-11-9-10-12-23(22)27(32(5,6)7)18-26(20)29-30-25(15-16-33(29)8)24-14-13-21(17-28(24)34-30)19-31(2,3)4;1-5-10(6-2)12(14)9-13(15)11(7-3)8-4;/h9-18H,1,8,19H2,2-7H3;9-11,14H,5-8H2,1-4H3;/q-1;;/b;12-9-;. The van der Waals surface area contributed by atoms with Gasteiger partial charge in [-0.15, -0.1) is 34.4 Å². The van der Waals surface area contributed by atoms with E-state index in [9.17, 15) is 9.90 Å². The molecule has 0 aliphatic carbocycles. The Labute approximate surface area is 319 Å². The molecule has 0 saturated heterocycles. The number of aliphatic hydroxyl groups excluding tert-OH is 1. The Morgan fingerprint density at radius 2 is 1.44 bits per heavy atom. The van der Waals surface area contributed by atoms with Gasteiger partial charge in [-0.05, 0) is 71.4 Å². The van der Waals surface area contributed by atoms with Crippen LogP contribution in [0.25, 0.3) is 42.2 Å². The quantitative estimate of drug-likeness (QED) is 0.0694. The molecule has 5 aromatic rings. The maximum atomic E-state index is 11.7. The Morgan fingerprint density at radius 1 is 0.840 bits per heavy atom. The summed E-state index contributed by atoms with van der Waals surface area (Å²) in [6.07, 6.45) is 8.07. The summed E-state index contributed by atoms with van der Waals surface area (Å²) in [6, 6.07) is 20.2. The van der Waals surface area contributed by atoms with Gasteiger partial charge < -0.3 is 9.67 Å². The van der Waals surface area contributed by atoms with Crippen LogP contribution in [-0.4, -0.2) is 10.9 Å². The number of thiophene rings is 1. The van der Waals surface area contributed by atoms with Gasteiger partial charge in [-0.1, -0.05) is 111 Å². The van der Waals surface area contributed by atoms with Crippen LogP contribution in [0.3, 0.4) is 0 Å². The summed E-state index contributed by atoms with van der Waals surface area (Å²) in [5.74, 6) is 0.547. The summed E-state index contributed by atoms with van der Waals surface area (Å²) >= 11 is 1.88. The molecule has 5 rings (SSSR count). The molecule has 0 fully saturated rings. The van der Waals surface area contributed by atoms with Crippen molar-refractivity contribution in [3.63, 3.8) is 0 Å². The summed E-state index contributed by atoms with van der Waals surface area (Å²) in [4.78, 5) is 11.7. The molecule has 50 heavy (non-hydrogen) atoms. The number of ketones is 1. The van der Waals surface area contributed by atoms with Crippen LogP contribution < -0.4 is 4.57 Å². The average Bonchev–Trinajstić information content (AvgIpc) is 3.39. The molecule has 2 aromatic heterocycles. The van der Waals surface area contributed by atoms with Gasteiger partial charge >= 0.3 is 0 Å². The minimum atomic E-state index is 0. The zero-order valence-corrected chi connectivity index (χ0v) is 35.2. The normalized spacial score (nSPS) is 12.4. The van der Waals surface area contributed by atoms with Gasteiger partial charge in [0.25, 0.3) is 0 Å². The second kappa shape index (κ2) is 16.9. The van der Waals surface area contributed by atoms with Crippen LogP contribution in [0.1, 0.15) is 112 Å². The molecule has 1 N–H and O–H groups in total. The number of carbonyl (C=O) groups excluding carboxylic acids is 1. The molecule has 0 atom stereocenters. The molecule has 0 amide bonds. The predicted octanol–water partition coefficient (Wildman–Crippen LogP) is 12.7. The molecule has 3 aromatic carbocycles. The molecule has 0 aliphatic rings. The van der Waals surface area contributed by atoms with E-state index in [1.165, 1.54) is 53.7 Å². The third-order valence-corrected chi connectivity index (χ3v) is 10.9. The van der Waals surface area contributed by atoms with E-state index < -0.39 is 0 Å². The second-order valence-electron chi connectivity index (χ2n) is 15.8. The first-order valence-corrected chi connectivity index (χ1v) is 18.9. The topological polar surface area (TPSA) is 41.2 Å². The molecule has 5 heteroatoms. The molecule has 0 bridgehead atoms. The first-order chi connectivity index (χ1) is 23.0. The molecule has 2 heterocycles. The monoisotopic (exact) mass is 869 g/mol. The van der Waals surface area contributed by atoms with Crippen LogP contribution in [0, 0.1) is 31.2 Å². The minimum absolute atomic E-state index is 0. The van der Waals surface area contributed by atoms with E-state index in [2.05, 4.69) is 116 Å². The summed E-state index contributed by atoms with van der Waals surface area (Å²) in [6.45, 7) is 26.4. The largest absolute Gasteiger partial charge is 0.512 e. The first-order valence-electron chi connectivity index (χ1n) is 18.1. The maximum absolute atomic E-state index is 11.7. The third kappa shape index (κ3) is 9.21. The van der Waals surface area contributed by atoms with Gasteiger partial charge in [0.1, 0.15) is 0 Å². The molecular weight excluding hydrogens is 811 g/mol.